The molecule has 2 heterocycles. The van der Waals surface area contributed by atoms with Crippen molar-refractivity contribution in [2.75, 3.05) is 13.2 Å². The summed E-state index contributed by atoms with van der Waals surface area (Å²) in [5, 5.41) is 10.4. The Bertz CT molecular complexity index is 326. The number of aromatic nitrogens is 3. The monoisotopic (exact) mass is 252 g/mol. The minimum Gasteiger partial charge on any atom is -0.378 e. The molecule has 0 bridgehead atoms. The lowest BCUT2D eigenvalue weighted by atomic mass is 9.95. The highest BCUT2D eigenvalue weighted by molar-refractivity contribution is 4.81. The van der Waals surface area contributed by atoms with E-state index in [1.807, 2.05) is 0 Å². The first-order valence-electron chi connectivity index (χ1n) is 6.95. The van der Waals surface area contributed by atoms with Gasteiger partial charge in [-0.2, -0.15) is 5.10 Å². The Morgan fingerprint density at radius 3 is 3.17 bits per heavy atom. The van der Waals surface area contributed by atoms with Crippen LogP contribution in [0.3, 0.4) is 0 Å². The summed E-state index contributed by atoms with van der Waals surface area (Å²) in [6.45, 7) is 6.40. The summed E-state index contributed by atoms with van der Waals surface area (Å²) in [4.78, 5) is 4.12. The van der Waals surface area contributed by atoms with Crippen LogP contribution in [0.2, 0.25) is 0 Å². The van der Waals surface area contributed by atoms with Crippen LogP contribution in [-0.4, -0.2) is 40.5 Å². The fourth-order valence-electron chi connectivity index (χ4n) is 2.39. The van der Waals surface area contributed by atoms with Gasteiger partial charge in [-0.1, -0.05) is 13.8 Å². The summed E-state index contributed by atoms with van der Waals surface area (Å²) in [5.41, 5.74) is 0. The molecule has 0 aliphatic carbocycles. The van der Waals surface area contributed by atoms with Crippen molar-refractivity contribution >= 4 is 0 Å². The second-order valence-electron chi connectivity index (χ2n) is 5.36. The molecule has 102 valence electrons. The standard InChI is InChI=1S/C13H24N4O/c1-10(2)12-8-11(5-7-18-12)14-6-3-4-13-15-9-16-17-13/h9-12,14H,3-8H2,1-2H3,(H,15,16,17). The number of hydrogen-bond acceptors (Lipinski definition) is 4. The highest BCUT2D eigenvalue weighted by atomic mass is 16.5. The van der Waals surface area contributed by atoms with Crippen molar-refractivity contribution in [3.63, 3.8) is 0 Å². The third-order valence-electron chi connectivity index (χ3n) is 3.55. The Morgan fingerprint density at radius 2 is 2.44 bits per heavy atom. The number of aryl methyl sites for hydroxylation is 1. The summed E-state index contributed by atoms with van der Waals surface area (Å²) in [7, 11) is 0. The maximum absolute atomic E-state index is 5.77. The molecule has 2 unspecified atom stereocenters. The highest BCUT2D eigenvalue weighted by Crippen LogP contribution is 2.20. The lowest BCUT2D eigenvalue weighted by molar-refractivity contribution is -0.0242. The molecular formula is C13H24N4O. The predicted octanol–water partition coefficient (Wildman–Crippen LogP) is 1.53. The van der Waals surface area contributed by atoms with Crippen LogP contribution in [0, 0.1) is 5.92 Å². The van der Waals surface area contributed by atoms with E-state index in [9.17, 15) is 0 Å². The van der Waals surface area contributed by atoms with Crippen LogP contribution in [0.4, 0.5) is 0 Å². The zero-order chi connectivity index (χ0) is 12.8. The SMILES string of the molecule is CC(C)C1CC(NCCCc2ncn[nH]2)CCO1. The van der Waals surface area contributed by atoms with Gasteiger partial charge >= 0.3 is 0 Å². The van der Waals surface area contributed by atoms with Crippen LogP contribution in [0.15, 0.2) is 6.33 Å². The van der Waals surface area contributed by atoms with Crippen molar-refractivity contribution in [2.45, 2.75) is 51.7 Å². The minimum atomic E-state index is 0.422. The summed E-state index contributed by atoms with van der Waals surface area (Å²) >= 11 is 0. The van der Waals surface area contributed by atoms with E-state index in [4.69, 9.17) is 4.74 Å². The van der Waals surface area contributed by atoms with Gasteiger partial charge in [0.2, 0.25) is 0 Å². The summed E-state index contributed by atoms with van der Waals surface area (Å²) in [5.74, 6) is 1.59. The van der Waals surface area contributed by atoms with Crippen molar-refractivity contribution in [3.8, 4) is 0 Å². The summed E-state index contributed by atoms with van der Waals surface area (Å²) < 4.78 is 5.77. The van der Waals surface area contributed by atoms with Gasteiger partial charge in [0, 0.05) is 19.1 Å². The fraction of sp³-hybridized carbons (Fsp3) is 0.846. The summed E-state index contributed by atoms with van der Waals surface area (Å²) in [6.07, 6.45) is 6.31. The normalized spacial score (nSPS) is 24.6. The maximum Gasteiger partial charge on any atom is 0.137 e. The number of rotatable bonds is 6. The molecule has 2 atom stereocenters. The van der Waals surface area contributed by atoms with Gasteiger partial charge < -0.3 is 10.1 Å². The molecule has 1 aromatic heterocycles. The van der Waals surface area contributed by atoms with E-state index >= 15 is 0 Å². The Labute approximate surface area is 109 Å². The number of nitrogens with zero attached hydrogens (tertiary/aromatic N) is 2. The van der Waals surface area contributed by atoms with E-state index in [-0.39, 0.29) is 0 Å². The van der Waals surface area contributed by atoms with Gasteiger partial charge in [-0.25, -0.2) is 4.98 Å². The molecule has 5 heteroatoms. The first kappa shape index (κ1) is 13.5. The van der Waals surface area contributed by atoms with E-state index in [2.05, 4.69) is 34.3 Å². The Hall–Kier alpha value is -0.940. The second kappa shape index (κ2) is 6.85. The van der Waals surface area contributed by atoms with Crippen LogP contribution in [0.25, 0.3) is 0 Å². The van der Waals surface area contributed by atoms with E-state index in [0.29, 0.717) is 18.1 Å². The third-order valence-corrected chi connectivity index (χ3v) is 3.55. The molecule has 0 spiro atoms. The van der Waals surface area contributed by atoms with Gasteiger partial charge in [-0.15, -0.1) is 0 Å². The van der Waals surface area contributed by atoms with Crippen molar-refractivity contribution in [1.82, 2.24) is 20.5 Å². The molecule has 0 saturated carbocycles. The Morgan fingerprint density at radius 1 is 1.56 bits per heavy atom. The highest BCUT2D eigenvalue weighted by Gasteiger charge is 2.24. The zero-order valence-electron chi connectivity index (χ0n) is 11.4. The lowest BCUT2D eigenvalue weighted by Crippen LogP contribution is -2.41. The molecule has 0 radical (unpaired) electrons. The topological polar surface area (TPSA) is 62.8 Å². The number of H-pyrrole nitrogens is 1. The molecule has 0 aromatic carbocycles. The van der Waals surface area contributed by atoms with Crippen LogP contribution >= 0.6 is 0 Å². The van der Waals surface area contributed by atoms with Gasteiger partial charge in [0.1, 0.15) is 12.2 Å². The van der Waals surface area contributed by atoms with Gasteiger partial charge in [0.05, 0.1) is 6.10 Å². The molecule has 5 nitrogen and oxygen atoms in total. The predicted molar refractivity (Wildman–Crippen MR) is 70.3 cm³/mol. The summed E-state index contributed by atoms with van der Waals surface area (Å²) in [6, 6.07) is 0.612. The minimum absolute atomic E-state index is 0.422. The van der Waals surface area contributed by atoms with E-state index in [1.54, 1.807) is 6.33 Å². The van der Waals surface area contributed by atoms with Gasteiger partial charge in [-0.3, -0.25) is 5.10 Å². The van der Waals surface area contributed by atoms with E-state index in [0.717, 1.165) is 44.7 Å². The first-order valence-corrected chi connectivity index (χ1v) is 6.95. The van der Waals surface area contributed by atoms with Gasteiger partial charge in [0.25, 0.3) is 0 Å². The Balaban J connectivity index is 1.61. The molecule has 18 heavy (non-hydrogen) atoms. The maximum atomic E-state index is 5.77. The Kier molecular flexibility index (Phi) is 5.13. The van der Waals surface area contributed by atoms with Gasteiger partial charge in [-0.05, 0) is 31.7 Å². The fourth-order valence-corrected chi connectivity index (χ4v) is 2.39. The molecule has 1 aliphatic heterocycles. The second-order valence-corrected chi connectivity index (χ2v) is 5.36. The van der Waals surface area contributed by atoms with E-state index < -0.39 is 0 Å². The number of ether oxygens (including phenoxy) is 1. The molecule has 1 fully saturated rings. The zero-order valence-corrected chi connectivity index (χ0v) is 11.4. The largest absolute Gasteiger partial charge is 0.378 e. The number of nitrogens with one attached hydrogen (secondary N) is 2. The first-order chi connectivity index (χ1) is 8.75. The van der Waals surface area contributed by atoms with Crippen LogP contribution in [0.1, 0.15) is 38.9 Å². The van der Waals surface area contributed by atoms with Crippen LogP contribution in [-0.2, 0) is 11.2 Å². The van der Waals surface area contributed by atoms with Crippen molar-refractivity contribution in [1.29, 1.82) is 0 Å². The molecule has 2 N–H and O–H groups in total. The molecular weight excluding hydrogens is 228 g/mol. The average Bonchev–Trinajstić information content (AvgIpc) is 2.88. The van der Waals surface area contributed by atoms with Crippen LogP contribution < -0.4 is 5.32 Å². The molecule has 0 amide bonds. The molecule has 1 saturated heterocycles. The number of aromatic amines is 1. The lowest BCUT2D eigenvalue weighted by Gasteiger charge is -2.32. The van der Waals surface area contributed by atoms with E-state index in [1.165, 1.54) is 0 Å². The van der Waals surface area contributed by atoms with Gasteiger partial charge in [0.15, 0.2) is 0 Å². The van der Waals surface area contributed by atoms with Crippen molar-refractivity contribution < 1.29 is 4.74 Å². The average molecular weight is 252 g/mol. The van der Waals surface area contributed by atoms with Crippen molar-refractivity contribution in [2.24, 2.45) is 5.92 Å². The smallest absolute Gasteiger partial charge is 0.137 e. The number of hydrogen-bond donors (Lipinski definition) is 2. The third kappa shape index (κ3) is 4.07. The van der Waals surface area contributed by atoms with Crippen molar-refractivity contribution in [3.05, 3.63) is 12.2 Å². The molecule has 2 rings (SSSR count). The molecule has 1 aromatic rings. The van der Waals surface area contributed by atoms with Crippen LogP contribution in [0.5, 0.6) is 0 Å². The molecule has 1 aliphatic rings. The quantitative estimate of drug-likeness (QED) is 0.754.